The first-order chi connectivity index (χ1) is 9.13. The van der Waals surface area contributed by atoms with Crippen molar-refractivity contribution in [1.29, 1.82) is 0 Å². The Kier molecular flexibility index (Phi) is 3.85. The van der Waals surface area contributed by atoms with Crippen molar-refractivity contribution in [2.75, 3.05) is 13.7 Å². The molecule has 5 nitrogen and oxygen atoms in total. The van der Waals surface area contributed by atoms with Gasteiger partial charge in [-0.05, 0) is 37.1 Å². The molecule has 2 rings (SSSR count). The summed E-state index contributed by atoms with van der Waals surface area (Å²) < 4.78 is 5.34. The average Bonchev–Trinajstić information content (AvgIpc) is 2.39. The number of hydrogen-bond donors (Lipinski definition) is 2. The number of benzene rings is 1. The first-order valence-electron chi connectivity index (χ1n) is 6.01. The first-order valence-corrected chi connectivity index (χ1v) is 6.01. The van der Waals surface area contributed by atoms with Gasteiger partial charge in [0.25, 0.3) is 0 Å². The molecule has 2 N–H and O–H groups in total. The Morgan fingerprint density at radius 2 is 2.21 bits per heavy atom. The highest BCUT2D eigenvalue weighted by Crippen LogP contribution is 2.28. The zero-order valence-electron chi connectivity index (χ0n) is 10.9. The fourth-order valence-electron chi connectivity index (χ4n) is 2.12. The molecule has 0 spiro atoms. The minimum atomic E-state index is -1.02. The van der Waals surface area contributed by atoms with Crippen molar-refractivity contribution in [3.8, 4) is 5.75 Å². The third kappa shape index (κ3) is 2.76. The van der Waals surface area contributed by atoms with E-state index in [-0.39, 0.29) is 0 Å². The first kappa shape index (κ1) is 13.1. The van der Waals surface area contributed by atoms with Crippen LogP contribution in [0.4, 0.5) is 4.79 Å². The van der Waals surface area contributed by atoms with Crippen LogP contribution in [0.5, 0.6) is 5.75 Å². The van der Waals surface area contributed by atoms with Gasteiger partial charge in [-0.25, -0.2) is 4.79 Å². The number of aromatic nitrogens is 1. The smallest absolute Gasteiger partial charge is 0.404 e. The molecule has 0 aliphatic rings. The molecule has 1 heterocycles. The highest BCUT2D eigenvalue weighted by atomic mass is 16.5. The molecular formula is C14H16N2O3. The monoisotopic (exact) mass is 260 g/mol. The summed E-state index contributed by atoms with van der Waals surface area (Å²) >= 11 is 0. The maximum atomic E-state index is 10.5. The zero-order chi connectivity index (χ0) is 13.8. The van der Waals surface area contributed by atoms with Gasteiger partial charge in [-0.2, -0.15) is 0 Å². The Morgan fingerprint density at radius 1 is 1.42 bits per heavy atom. The van der Waals surface area contributed by atoms with Crippen molar-refractivity contribution >= 4 is 17.0 Å². The van der Waals surface area contributed by atoms with E-state index in [2.05, 4.69) is 10.3 Å². The molecule has 0 saturated carbocycles. The van der Waals surface area contributed by atoms with Gasteiger partial charge in [0.2, 0.25) is 0 Å². The topological polar surface area (TPSA) is 71.5 Å². The van der Waals surface area contributed by atoms with E-state index in [1.165, 1.54) is 0 Å². The average molecular weight is 260 g/mol. The van der Waals surface area contributed by atoms with E-state index in [4.69, 9.17) is 9.84 Å². The van der Waals surface area contributed by atoms with Crippen LogP contribution in [0.15, 0.2) is 24.4 Å². The molecule has 0 aliphatic heterocycles. The van der Waals surface area contributed by atoms with Gasteiger partial charge in [0.05, 0.1) is 12.6 Å². The van der Waals surface area contributed by atoms with E-state index in [1.54, 1.807) is 13.3 Å². The van der Waals surface area contributed by atoms with Gasteiger partial charge in [0.15, 0.2) is 0 Å². The maximum Gasteiger partial charge on any atom is 0.404 e. The Balaban J connectivity index is 2.43. The SMILES string of the molecule is COc1ccc2c(C)ccnc2c1CCNC(=O)O. The quantitative estimate of drug-likeness (QED) is 0.885. The Hall–Kier alpha value is -2.30. The van der Waals surface area contributed by atoms with Crippen LogP contribution < -0.4 is 10.1 Å². The number of nitrogens with one attached hydrogen (secondary N) is 1. The number of nitrogens with zero attached hydrogens (tertiary/aromatic N) is 1. The van der Waals surface area contributed by atoms with E-state index in [0.29, 0.717) is 13.0 Å². The number of rotatable bonds is 4. The van der Waals surface area contributed by atoms with E-state index < -0.39 is 6.09 Å². The summed E-state index contributed by atoms with van der Waals surface area (Å²) in [5, 5.41) is 12.0. The number of hydrogen-bond acceptors (Lipinski definition) is 3. The molecule has 0 atom stereocenters. The summed E-state index contributed by atoms with van der Waals surface area (Å²) in [6, 6.07) is 5.83. The van der Waals surface area contributed by atoms with Crippen LogP contribution in [-0.2, 0) is 6.42 Å². The number of methoxy groups -OCH3 is 1. The molecule has 0 unspecified atom stereocenters. The molecule has 1 aromatic heterocycles. The third-order valence-electron chi connectivity index (χ3n) is 3.06. The molecule has 1 amide bonds. The lowest BCUT2D eigenvalue weighted by Gasteiger charge is -2.12. The summed E-state index contributed by atoms with van der Waals surface area (Å²) in [7, 11) is 1.60. The Morgan fingerprint density at radius 3 is 2.89 bits per heavy atom. The second kappa shape index (κ2) is 5.56. The van der Waals surface area contributed by atoms with Gasteiger partial charge in [-0.1, -0.05) is 0 Å². The molecule has 0 aliphatic carbocycles. The molecule has 100 valence electrons. The van der Waals surface area contributed by atoms with Gasteiger partial charge >= 0.3 is 6.09 Å². The normalized spacial score (nSPS) is 10.4. The number of carbonyl (C=O) groups is 1. The fourth-order valence-corrected chi connectivity index (χ4v) is 2.12. The molecule has 19 heavy (non-hydrogen) atoms. The molecule has 0 radical (unpaired) electrons. The Bertz CT molecular complexity index is 611. The van der Waals surface area contributed by atoms with Crippen LogP contribution in [0.25, 0.3) is 10.9 Å². The standard InChI is InChI=1S/C14H16N2O3/c1-9-5-7-15-13-10(9)3-4-12(19-2)11(13)6-8-16-14(17)18/h3-5,7,16H,6,8H2,1-2H3,(H,17,18). The molecule has 0 saturated heterocycles. The van der Waals surface area contributed by atoms with Crippen molar-refractivity contribution in [3.05, 3.63) is 35.5 Å². The minimum Gasteiger partial charge on any atom is -0.496 e. The van der Waals surface area contributed by atoms with Crippen LogP contribution >= 0.6 is 0 Å². The van der Waals surface area contributed by atoms with Crippen molar-refractivity contribution in [1.82, 2.24) is 10.3 Å². The summed E-state index contributed by atoms with van der Waals surface area (Å²) in [4.78, 5) is 14.9. The summed E-state index contributed by atoms with van der Waals surface area (Å²) in [6.07, 6.45) is 1.28. The lowest BCUT2D eigenvalue weighted by atomic mass is 10.0. The van der Waals surface area contributed by atoms with E-state index in [1.807, 2.05) is 25.1 Å². The fraction of sp³-hybridized carbons (Fsp3) is 0.286. The molecular weight excluding hydrogens is 244 g/mol. The predicted octanol–water partition coefficient (Wildman–Crippen LogP) is 2.36. The molecule has 0 bridgehead atoms. The lowest BCUT2D eigenvalue weighted by molar-refractivity contribution is 0.194. The summed E-state index contributed by atoms with van der Waals surface area (Å²) in [5.41, 5.74) is 2.93. The van der Waals surface area contributed by atoms with E-state index in [0.717, 1.165) is 27.8 Å². The van der Waals surface area contributed by atoms with Crippen LogP contribution in [0.2, 0.25) is 0 Å². The van der Waals surface area contributed by atoms with Crippen LogP contribution in [-0.4, -0.2) is 29.8 Å². The van der Waals surface area contributed by atoms with Crippen LogP contribution in [0.3, 0.4) is 0 Å². The van der Waals surface area contributed by atoms with E-state index in [9.17, 15) is 4.79 Å². The largest absolute Gasteiger partial charge is 0.496 e. The van der Waals surface area contributed by atoms with Crippen molar-refractivity contribution < 1.29 is 14.6 Å². The summed E-state index contributed by atoms with van der Waals surface area (Å²) in [5.74, 6) is 0.734. The van der Waals surface area contributed by atoms with Crippen molar-refractivity contribution in [3.63, 3.8) is 0 Å². The van der Waals surface area contributed by atoms with Gasteiger partial charge in [-0.15, -0.1) is 0 Å². The number of fused-ring (bicyclic) bond motifs is 1. The lowest BCUT2D eigenvalue weighted by Crippen LogP contribution is -2.23. The third-order valence-corrected chi connectivity index (χ3v) is 3.06. The molecule has 2 aromatic rings. The van der Waals surface area contributed by atoms with Crippen molar-refractivity contribution in [2.45, 2.75) is 13.3 Å². The second-order valence-corrected chi connectivity index (χ2v) is 4.25. The van der Waals surface area contributed by atoms with Crippen LogP contribution in [0.1, 0.15) is 11.1 Å². The zero-order valence-corrected chi connectivity index (χ0v) is 10.9. The van der Waals surface area contributed by atoms with Gasteiger partial charge in [-0.3, -0.25) is 4.98 Å². The van der Waals surface area contributed by atoms with Crippen LogP contribution in [0, 0.1) is 6.92 Å². The number of amides is 1. The van der Waals surface area contributed by atoms with Gasteiger partial charge in [0.1, 0.15) is 5.75 Å². The van der Waals surface area contributed by atoms with Gasteiger partial charge in [0, 0.05) is 23.7 Å². The second-order valence-electron chi connectivity index (χ2n) is 4.25. The van der Waals surface area contributed by atoms with E-state index >= 15 is 0 Å². The highest BCUT2D eigenvalue weighted by Gasteiger charge is 2.11. The number of ether oxygens (including phenoxy) is 1. The maximum absolute atomic E-state index is 10.5. The minimum absolute atomic E-state index is 0.334. The predicted molar refractivity (Wildman–Crippen MR) is 72.8 cm³/mol. The summed E-state index contributed by atoms with van der Waals surface area (Å²) in [6.45, 7) is 2.36. The molecule has 0 fully saturated rings. The number of carboxylic acid groups (broad SMARTS) is 1. The highest BCUT2D eigenvalue weighted by molar-refractivity contribution is 5.86. The van der Waals surface area contributed by atoms with Crippen molar-refractivity contribution in [2.24, 2.45) is 0 Å². The molecule has 5 heteroatoms. The van der Waals surface area contributed by atoms with Gasteiger partial charge < -0.3 is 15.2 Å². The number of aryl methyl sites for hydroxylation is 1. The Labute approximate surface area is 111 Å². The number of pyridine rings is 1. The molecule has 1 aromatic carbocycles.